The molecule has 0 saturated carbocycles. The summed E-state index contributed by atoms with van der Waals surface area (Å²) in [6.07, 6.45) is 16.5. The first-order chi connectivity index (χ1) is 16.2. The molecule has 0 spiro atoms. The third kappa shape index (κ3) is 6.58. The smallest absolute Gasteiger partial charge is 0.231 e. The number of aryl methyl sites for hydroxylation is 1. The van der Waals surface area contributed by atoms with Gasteiger partial charge >= 0.3 is 0 Å². The minimum absolute atomic E-state index is 0.641. The molecule has 0 radical (unpaired) electrons. The van der Waals surface area contributed by atoms with Gasteiger partial charge in [0, 0.05) is 32.7 Å². The maximum absolute atomic E-state index is 6.44. The Hall–Kier alpha value is -2.37. The summed E-state index contributed by atoms with van der Waals surface area (Å²) in [4.78, 5) is 4.66. The van der Waals surface area contributed by atoms with Crippen LogP contribution in [0.25, 0.3) is 0 Å². The predicted molar refractivity (Wildman–Crippen MR) is 133 cm³/mol. The fourth-order valence-corrected chi connectivity index (χ4v) is 4.59. The van der Waals surface area contributed by atoms with Gasteiger partial charge in [0.15, 0.2) is 12.0 Å². The highest BCUT2D eigenvalue weighted by atomic mass is 35.5. The molecule has 0 amide bonds. The summed E-state index contributed by atoms with van der Waals surface area (Å²) >= 11 is 6.44. The molecular weight excluding hydrogens is 436 g/mol. The van der Waals surface area contributed by atoms with Gasteiger partial charge in [-0.15, -0.1) is 0 Å². The molecule has 0 unspecified atom stereocenters. The van der Waals surface area contributed by atoms with Crippen molar-refractivity contribution in [2.75, 3.05) is 39.3 Å². The maximum atomic E-state index is 6.44. The number of hydrogen-bond donors (Lipinski definition) is 0. The second-order valence-electron chi connectivity index (χ2n) is 8.69. The van der Waals surface area contributed by atoms with Crippen molar-refractivity contribution in [1.29, 1.82) is 0 Å². The lowest BCUT2D eigenvalue weighted by molar-refractivity contribution is 0.0784. The first kappa shape index (κ1) is 23.8. The fourth-order valence-electron chi connectivity index (χ4n) is 4.34. The fraction of sp³-hybridized carbons (Fsp3) is 0.481. The summed E-state index contributed by atoms with van der Waals surface area (Å²) in [5.74, 6) is 2.46. The molecule has 1 fully saturated rings. The number of halogens is 1. The molecule has 1 aliphatic carbocycles. The average Bonchev–Trinajstić information content (AvgIpc) is 2.87. The van der Waals surface area contributed by atoms with Crippen molar-refractivity contribution >= 4 is 11.6 Å². The van der Waals surface area contributed by atoms with Crippen LogP contribution >= 0.6 is 11.6 Å². The standard InChI is InChI=1S/C27H35ClN2O3/c1-2-3-5-11-23-12-8-13-24(28)27(23)31-19-18-29-14-16-30(17-15-29)26-21-32-25(20-33-26)22-9-6-4-7-10-22/h4,6,8-9,12-13,20-21H,2-3,5,7,10-11,14-19H2,1H3. The van der Waals surface area contributed by atoms with Crippen LogP contribution in [0.3, 0.4) is 0 Å². The van der Waals surface area contributed by atoms with Crippen LogP contribution in [0.4, 0.5) is 0 Å². The normalized spacial score (nSPS) is 18.7. The Morgan fingerprint density at radius 1 is 1.06 bits per heavy atom. The Kier molecular flexibility index (Phi) is 8.79. The summed E-state index contributed by atoms with van der Waals surface area (Å²) in [6, 6.07) is 6.07. The summed E-state index contributed by atoms with van der Waals surface area (Å²) in [5, 5.41) is 0.711. The van der Waals surface area contributed by atoms with Crippen LogP contribution in [-0.2, 0) is 15.9 Å². The molecule has 6 heteroatoms. The van der Waals surface area contributed by atoms with Gasteiger partial charge in [-0.2, -0.15) is 0 Å². The van der Waals surface area contributed by atoms with Crippen molar-refractivity contribution in [3.63, 3.8) is 0 Å². The quantitative estimate of drug-likeness (QED) is 0.390. The van der Waals surface area contributed by atoms with Crippen LogP contribution in [0, 0.1) is 0 Å². The molecule has 5 nitrogen and oxygen atoms in total. The molecule has 178 valence electrons. The van der Waals surface area contributed by atoms with E-state index in [1.165, 1.54) is 30.4 Å². The van der Waals surface area contributed by atoms with Crippen LogP contribution in [0.5, 0.6) is 5.75 Å². The molecule has 33 heavy (non-hydrogen) atoms. The van der Waals surface area contributed by atoms with Crippen molar-refractivity contribution < 1.29 is 14.2 Å². The minimum Gasteiger partial charge on any atom is -0.490 e. The lowest BCUT2D eigenvalue weighted by Gasteiger charge is -2.36. The number of para-hydroxylation sites is 1. The lowest BCUT2D eigenvalue weighted by Crippen LogP contribution is -2.47. The number of nitrogens with zero attached hydrogens (tertiary/aromatic N) is 2. The molecule has 1 saturated heterocycles. The van der Waals surface area contributed by atoms with E-state index in [0.717, 1.165) is 69.4 Å². The third-order valence-electron chi connectivity index (χ3n) is 6.34. The Labute approximate surface area is 202 Å². The van der Waals surface area contributed by atoms with Crippen LogP contribution in [0.2, 0.25) is 5.02 Å². The Balaban J connectivity index is 1.20. The molecule has 4 rings (SSSR count). The van der Waals surface area contributed by atoms with Crippen LogP contribution in [0.15, 0.2) is 66.2 Å². The number of unbranched alkanes of at least 4 members (excludes halogenated alkanes) is 2. The molecule has 0 N–H and O–H groups in total. The number of ether oxygens (including phenoxy) is 3. The lowest BCUT2D eigenvalue weighted by atomic mass is 10.0. The number of piperazine rings is 1. The summed E-state index contributed by atoms with van der Waals surface area (Å²) < 4.78 is 17.9. The van der Waals surface area contributed by atoms with Crippen molar-refractivity contribution in [2.45, 2.75) is 45.4 Å². The van der Waals surface area contributed by atoms with E-state index in [2.05, 4.69) is 41.0 Å². The molecule has 2 heterocycles. The van der Waals surface area contributed by atoms with Gasteiger partial charge in [-0.05, 0) is 42.9 Å². The minimum atomic E-state index is 0.641. The number of rotatable bonds is 10. The summed E-state index contributed by atoms with van der Waals surface area (Å²) in [5.41, 5.74) is 2.40. The highest BCUT2D eigenvalue weighted by molar-refractivity contribution is 6.32. The first-order valence-electron chi connectivity index (χ1n) is 12.2. The van der Waals surface area contributed by atoms with Crippen LogP contribution < -0.4 is 4.74 Å². The van der Waals surface area contributed by atoms with Gasteiger partial charge in [0.25, 0.3) is 0 Å². The van der Waals surface area contributed by atoms with Gasteiger partial charge in [0.1, 0.15) is 18.6 Å². The van der Waals surface area contributed by atoms with Gasteiger partial charge in [0.05, 0.1) is 5.02 Å². The monoisotopic (exact) mass is 470 g/mol. The van der Waals surface area contributed by atoms with Crippen molar-refractivity contribution in [3.8, 4) is 5.75 Å². The van der Waals surface area contributed by atoms with E-state index in [1.807, 2.05) is 12.1 Å². The largest absolute Gasteiger partial charge is 0.490 e. The van der Waals surface area contributed by atoms with E-state index in [4.69, 9.17) is 25.8 Å². The van der Waals surface area contributed by atoms with E-state index in [9.17, 15) is 0 Å². The molecular formula is C27H35ClN2O3. The van der Waals surface area contributed by atoms with Crippen molar-refractivity contribution in [3.05, 3.63) is 76.8 Å². The Bertz CT molecular complexity index is 914. The average molecular weight is 471 g/mol. The van der Waals surface area contributed by atoms with E-state index in [1.54, 1.807) is 12.5 Å². The van der Waals surface area contributed by atoms with Gasteiger partial charge in [0.2, 0.25) is 5.88 Å². The molecule has 1 aromatic rings. The van der Waals surface area contributed by atoms with E-state index < -0.39 is 0 Å². The molecule has 1 aromatic carbocycles. The zero-order valence-electron chi connectivity index (χ0n) is 19.6. The summed E-state index contributed by atoms with van der Waals surface area (Å²) in [7, 11) is 0. The molecule has 2 aliphatic heterocycles. The highest BCUT2D eigenvalue weighted by Gasteiger charge is 2.23. The Morgan fingerprint density at radius 3 is 2.67 bits per heavy atom. The van der Waals surface area contributed by atoms with Crippen LogP contribution in [0.1, 0.15) is 44.6 Å². The number of benzene rings is 1. The van der Waals surface area contributed by atoms with Gasteiger partial charge < -0.3 is 19.1 Å². The van der Waals surface area contributed by atoms with Gasteiger partial charge in [-0.3, -0.25) is 4.90 Å². The second-order valence-corrected chi connectivity index (χ2v) is 9.10. The first-order valence-corrected chi connectivity index (χ1v) is 12.6. The number of allylic oxidation sites excluding steroid dienone is 4. The molecule has 0 atom stereocenters. The highest BCUT2D eigenvalue weighted by Crippen LogP contribution is 2.30. The van der Waals surface area contributed by atoms with E-state index in [0.29, 0.717) is 11.6 Å². The molecule has 0 aromatic heterocycles. The summed E-state index contributed by atoms with van der Waals surface area (Å²) in [6.45, 7) is 7.47. The second kappa shape index (κ2) is 12.2. The van der Waals surface area contributed by atoms with E-state index in [-0.39, 0.29) is 0 Å². The third-order valence-corrected chi connectivity index (χ3v) is 6.64. The SMILES string of the molecule is CCCCCc1cccc(Cl)c1OCCN1CCN(C2=COC(C3=CC=CCC3)=CO2)CC1. The van der Waals surface area contributed by atoms with Crippen molar-refractivity contribution in [2.24, 2.45) is 0 Å². The maximum Gasteiger partial charge on any atom is 0.231 e. The van der Waals surface area contributed by atoms with Gasteiger partial charge in [-0.25, -0.2) is 0 Å². The van der Waals surface area contributed by atoms with Gasteiger partial charge in [-0.1, -0.05) is 61.7 Å². The van der Waals surface area contributed by atoms with E-state index >= 15 is 0 Å². The number of hydrogen-bond acceptors (Lipinski definition) is 5. The van der Waals surface area contributed by atoms with Crippen LogP contribution in [-0.4, -0.2) is 49.1 Å². The zero-order chi connectivity index (χ0) is 22.9. The van der Waals surface area contributed by atoms with Crippen molar-refractivity contribution in [1.82, 2.24) is 9.80 Å². The Morgan fingerprint density at radius 2 is 1.94 bits per heavy atom. The zero-order valence-corrected chi connectivity index (χ0v) is 20.4. The molecule has 3 aliphatic rings. The molecule has 0 bridgehead atoms. The predicted octanol–water partition coefficient (Wildman–Crippen LogP) is 6.03. The topological polar surface area (TPSA) is 34.2 Å².